The third-order valence-electron chi connectivity index (χ3n) is 3.51. The van der Waals surface area contributed by atoms with E-state index in [-0.39, 0.29) is 6.61 Å². The molecule has 0 aliphatic carbocycles. The molecular formula is C18H26O8. The summed E-state index contributed by atoms with van der Waals surface area (Å²) in [6.07, 6.45) is 0.713. The predicted octanol–water partition coefficient (Wildman–Crippen LogP) is 1.35. The van der Waals surface area contributed by atoms with Crippen molar-refractivity contribution < 1.29 is 38.0 Å². The second-order valence-corrected chi connectivity index (χ2v) is 5.28. The smallest absolute Gasteiger partial charge is 0.204 e. The number of carbonyl (C=O) groups is 1. The first-order valence-corrected chi connectivity index (χ1v) is 8.59. The first-order valence-electron chi connectivity index (χ1n) is 8.59. The summed E-state index contributed by atoms with van der Waals surface area (Å²) < 4.78 is 38.5. The SMILES string of the molecule is COc1c(C=O)ccc2c1OCCOCCOCCOCCOCCO2. The van der Waals surface area contributed by atoms with Gasteiger partial charge in [-0.25, -0.2) is 0 Å². The number of carbonyl (C=O) groups excluding carboxylic acids is 1. The molecule has 0 radical (unpaired) electrons. The summed E-state index contributed by atoms with van der Waals surface area (Å²) in [6, 6.07) is 3.31. The molecule has 0 saturated carbocycles. The molecule has 0 aromatic heterocycles. The molecule has 0 fully saturated rings. The number of methoxy groups -OCH3 is 1. The zero-order valence-electron chi connectivity index (χ0n) is 15.1. The highest BCUT2D eigenvalue weighted by Crippen LogP contribution is 2.39. The van der Waals surface area contributed by atoms with Gasteiger partial charge in [0, 0.05) is 0 Å². The van der Waals surface area contributed by atoms with Crippen molar-refractivity contribution in [2.24, 2.45) is 0 Å². The van der Waals surface area contributed by atoms with Crippen LogP contribution in [-0.2, 0) is 18.9 Å². The number of benzene rings is 1. The maximum Gasteiger partial charge on any atom is 0.204 e. The van der Waals surface area contributed by atoms with Gasteiger partial charge in [0.05, 0.1) is 65.5 Å². The van der Waals surface area contributed by atoms with Crippen LogP contribution >= 0.6 is 0 Å². The molecule has 0 amide bonds. The fourth-order valence-electron chi connectivity index (χ4n) is 2.29. The lowest BCUT2D eigenvalue weighted by molar-refractivity contribution is -0.00852. The maximum atomic E-state index is 11.2. The summed E-state index contributed by atoms with van der Waals surface area (Å²) in [5.41, 5.74) is 0.389. The van der Waals surface area contributed by atoms with Gasteiger partial charge in [-0.2, -0.15) is 0 Å². The number of ether oxygens (including phenoxy) is 7. The lowest BCUT2D eigenvalue weighted by Crippen LogP contribution is -2.16. The molecule has 1 heterocycles. The van der Waals surface area contributed by atoms with Crippen LogP contribution in [0.15, 0.2) is 12.1 Å². The first-order chi connectivity index (χ1) is 12.9. The number of rotatable bonds is 2. The van der Waals surface area contributed by atoms with Gasteiger partial charge in [0.1, 0.15) is 13.2 Å². The van der Waals surface area contributed by atoms with E-state index in [2.05, 4.69) is 0 Å². The molecule has 0 unspecified atom stereocenters. The number of hydrogen-bond donors (Lipinski definition) is 0. The van der Waals surface area contributed by atoms with Crippen LogP contribution in [0.1, 0.15) is 10.4 Å². The Morgan fingerprint density at radius 2 is 1.27 bits per heavy atom. The topological polar surface area (TPSA) is 81.7 Å². The van der Waals surface area contributed by atoms with E-state index in [0.717, 1.165) is 0 Å². The monoisotopic (exact) mass is 370 g/mol. The molecule has 1 aliphatic rings. The zero-order chi connectivity index (χ0) is 18.5. The average Bonchev–Trinajstić information content (AvgIpc) is 2.67. The minimum Gasteiger partial charge on any atom is -0.492 e. The van der Waals surface area contributed by atoms with E-state index < -0.39 is 0 Å². The Balaban J connectivity index is 2.02. The van der Waals surface area contributed by atoms with Crippen LogP contribution in [-0.4, -0.2) is 79.5 Å². The molecule has 1 aliphatic heterocycles. The van der Waals surface area contributed by atoms with Crippen molar-refractivity contribution in [1.82, 2.24) is 0 Å². The van der Waals surface area contributed by atoms with Gasteiger partial charge in [0.25, 0.3) is 0 Å². The van der Waals surface area contributed by atoms with Crippen LogP contribution in [0.2, 0.25) is 0 Å². The molecule has 2 rings (SSSR count). The van der Waals surface area contributed by atoms with Crippen molar-refractivity contribution in [1.29, 1.82) is 0 Å². The van der Waals surface area contributed by atoms with Crippen molar-refractivity contribution >= 4 is 6.29 Å². The van der Waals surface area contributed by atoms with Gasteiger partial charge in [-0.15, -0.1) is 0 Å². The Bertz CT molecular complexity index is 534. The first kappa shape index (κ1) is 20.4. The molecule has 26 heavy (non-hydrogen) atoms. The van der Waals surface area contributed by atoms with Crippen LogP contribution in [0.4, 0.5) is 0 Å². The van der Waals surface area contributed by atoms with Gasteiger partial charge < -0.3 is 33.2 Å². The average molecular weight is 370 g/mol. The number of hydrogen-bond acceptors (Lipinski definition) is 8. The molecule has 0 N–H and O–H groups in total. The minimum atomic E-state index is 0.286. The van der Waals surface area contributed by atoms with Crippen molar-refractivity contribution in [2.45, 2.75) is 0 Å². The fraction of sp³-hybridized carbons (Fsp3) is 0.611. The van der Waals surface area contributed by atoms with Gasteiger partial charge in [-0.3, -0.25) is 4.79 Å². The standard InChI is InChI=1S/C18H26O8/c1-20-17-15(14-19)2-3-16-18(17)26-13-11-24-9-7-22-5-4-21-6-8-23-10-12-25-16/h2-3,14H,4-13H2,1H3. The van der Waals surface area contributed by atoms with Crippen LogP contribution in [0.3, 0.4) is 0 Å². The van der Waals surface area contributed by atoms with E-state index in [4.69, 9.17) is 33.2 Å². The largest absolute Gasteiger partial charge is 0.492 e. The minimum absolute atomic E-state index is 0.286. The Labute approximate surface area is 153 Å². The highest BCUT2D eigenvalue weighted by molar-refractivity contribution is 5.82. The van der Waals surface area contributed by atoms with Crippen molar-refractivity contribution in [3.05, 3.63) is 17.7 Å². The molecule has 1 aromatic carbocycles. The summed E-state index contributed by atoms with van der Waals surface area (Å²) in [7, 11) is 1.48. The van der Waals surface area contributed by atoms with Crippen molar-refractivity contribution in [2.75, 3.05) is 73.2 Å². The Hall–Kier alpha value is -1.87. The molecule has 0 bridgehead atoms. The van der Waals surface area contributed by atoms with E-state index in [0.29, 0.717) is 88.6 Å². The normalized spacial score (nSPS) is 18.3. The van der Waals surface area contributed by atoms with Crippen molar-refractivity contribution in [3.63, 3.8) is 0 Å². The van der Waals surface area contributed by atoms with Crippen LogP contribution in [0.25, 0.3) is 0 Å². The summed E-state index contributed by atoms with van der Waals surface area (Å²) in [5.74, 6) is 1.20. The molecule has 8 nitrogen and oxygen atoms in total. The van der Waals surface area contributed by atoms with Crippen LogP contribution in [0, 0.1) is 0 Å². The molecule has 8 heteroatoms. The highest BCUT2D eigenvalue weighted by atomic mass is 16.6. The lowest BCUT2D eigenvalue weighted by atomic mass is 10.2. The molecule has 0 saturated heterocycles. The highest BCUT2D eigenvalue weighted by Gasteiger charge is 2.17. The number of aldehydes is 1. The van der Waals surface area contributed by atoms with E-state index in [9.17, 15) is 4.79 Å². The maximum absolute atomic E-state index is 11.2. The van der Waals surface area contributed by atoms with E-state index in [1.807, 2.05) is 0 Å². The third-order valence-corrected chi connectivity index (χ3v) is 3.51. The molecule has 0 atom stereocenters. The molecule has 0 spiro atoms. The third kappa shape index (κ3) is 6.80. The zero-order valence-corrected chi connectivity index (χ0v) is 15.1. The van der Waals surface area contributed by atoms with Crippen LogP contribution < -0.4 is 14.2 Å². The van der Waals surface area contributed by atoms with Crippen LogP contribution in [0.5, 0.6) is 17.2 Å². The van der Waals surface area contributed by atoms with Gasteiger partial charge >= 0.3 is 0 Å². The number of fused-ring (bicyclic) bond motifs is 1. The van der Waals surface area contributed by atoms with Gasteiger partial charge in [-0.1, -0.05) is 0 Å². The summed E-state index contributed by atoms with van der Waals surface area (Å²) in [5, 5.41) is 0. The molecular weight excluding hydrogens is 344 g/mol. The second kappa shape index (κ2) is 12.5. The summed E-state index contributed by atoms with van der Waals surface area (Å²) in [6.45, 7) is 4.35. The van der Waals surface area contributed by atoms with E-state index >= 15 is 0 Å². The second-order valence-electron chi connectivity index (χ2n) is 5.28. The molecule has 1 aromatic rings. The Kier molecular flexibility index (Phi) is 9.81. The lowest BCUT2D eigenvalue weighted by Gasteiger charge is -2.17. The van der Waals surface area contributed by atoms with Gasteiger partial charge in [-0.05, 0) is 12.1 Å². The summed E-state index contributed by atoms with van der Waals surface area (Å²) >= 11 is 0. The summed E-state index contributed by atoms with van der Waals surface area (Å²) in [4.78, 5) is 11.2. The Morgan fingerprint density at radius 3 is 1.77 bits per heavy atom. The van der Waals surface area contributed by atoms with Gasteiger partial charge in [0.15, 0.2) is 17.8 Å². The predicted molar refractivity (Wildman–Crippen MR) is 92.6 cm³/mol. The van der Waals surface area contributed by atoms with E-state index in [1.54, 1.807) is 12.1 Å². The Morgan fingerprint density at radius 1 is 0.769 bits per heavy atom. The fourth-order valence-corrected chi connectivity index (χ4v) is 2.29. The van der Waals surface area contributed by atoms with E-state index in [1.165, 1.54) is 7.11 Å². The van der Waals surface area contributed by atoms with Crippen molar-refractivity contribution in [3.8, 4) is 17.2 Å². The quantitative estimate of drug-likeness (QED) is 0.722. The molecule has 146 valence electrons. The van der Waals surface area contributed by atoms with Gasteiger partial charge in [0.2, 0.25) is 5.75 Å².